The Kier molecular flexibility index (Phi) is 3.86. The van der Waals surface area contributed by atoms with E-state index in [0.717, 1.165) is 5.39 Å². The summed E-state index contributed by atoms with van der Waals surface area (Å²) in [6, 6.07) is 13.8. The lowest BCUT2D eigenvalue weighted by Crippen LogP contribution is -2.42. The van der Waals surface area contributed by atoms with E-state index in [9.17, 15) is 9.18 Å². The van der Waals surface area contributed by atoms with E-state index in [4.69, 9.17) is 4.52 Å². The quantitative estimate of drug-likeness (QED) is 0.801. The number of rotatable bonds is 4. The first-order valence-electron chi connectivity index (χ1n) is 7.37. The Morgan fingerprint density at radius 2 is 1.87 bits per heavy atom. The Labute approximate surface area is 133 Å². The van der Waals surface area contributed by atoms with Gasteiger partial charge in [0.2, 0.25) is 5.91 Å². The van der Waals surface area contributed by atoms with Crippen LogP contribution < -0.4 is 5.32 Å². The molecule has 1 aromatic heterocycles. The van der Waals surface area contributed by atoms with Gasteiger partial charge >= 0.3 is 0 Å². The summed E-state index contributed by atoms with van der Waals surface area (Å²) in [7, 11) is 0. The van der Waals surface area contributed by atoms with Gasteiger partial charge in [0, 0.05) is 10.9 Å². The number of carbonyl (C=O) groups excluding carboxylic acids is 1. The highest BCUT2D eigenvalue weighted by Gasteiger charge is 2.26. The number of nitrogens with one attached hydrogen (secondary N) is 1. The zero-order valence-electron chi connectivity index (χ0n) is 13.0. The molecule has 0 aliphatic heterocycles. The molecule has 0 saturated carbocycles. The minimum Gasteiger partial charge on any atom is -0.356 e. The van der Waals surface area contributed by atoms with Crippen LogP contribution in [0.15, 0.2) is 53.1 Å². The molecule has 4 nitrogen and oxygen atoms in total. The molecule has 0 bridgehead atoms. The van der Waals surface area contributed by atoms with E-state index in [2.05, 4.69) is 10.5 Å². The number of carbonyl (C=O) groups is 1. The van der Waals surface area contributed by atoms with Crippen LogP contribution in [-0.4, -0.2) is 11.1 Å². The SMILES string of the molecule is CC(C)(NC(=O)Cc1noc2ccccc12)c1ccccc1F. The van der Waals surface area contributed by atoms with Gasteiger partial charge < -0.3 is 9.84 Å². The van der Waals surface area contributed by atoms with Crippen LogP contribution in [0, 0.1) is 5.82 Å². The average Bonchev–Trinajstić information content (AvgIpc) is 2.90. The zero-order valence-corrected chi connectivity index (χ0v) is 13.0. The Balaban J connectivity index is 1.78. The van der Waals surface area contributed by atoms with Gasteiger partial charge in [-0.05, 0) is 32.0 Å². The maximum Gasteiger partial charge on any atom is 0.226 e. The first-order chi connectivity index (χ1) is 11.0. The minimum absolute atomic E-state index is 0.0783. The van der Waals surface area contributed by atoms with Crippen molar-refractivity contribution >= 4 is 16.9 Å². The molecule has 5 heteroatoms. The lowest BCUT2D eigenvalue weighted by molar-refractivity contribution is -0.122. The molecule has 0 unspecified atom stereocenters. The largest absolute Gasteiger partial charge is 0.356 e. The maximum atomic E-state index is 13.9. The molecule has 0 aliphatic carbocycles. The maximum absolute atomic E-state index is 13.9. The number of amides is 1. The van der Waals surface area contributed by atoms with Crippen molar-refractivity contribution in [3.63, 3.8) is 0 Å². The van der Waals surface area contributed by atoms with Gasteiger partial charge in [0.25, 0.3) is 0 Å². The first kappa shape index (κ1) is 15.2. The molecule has 0 spiro atoms. The highest BCUT2D eigenvalue weighted by Crippen LogP contribution is 2.23. The molecular formula is C18H17FN2O2. The molecule has 0 radical (unpaired) electrons. The second kappa shape index (κ2) is 5.83. The number of hydrogen-bond donors (Lipinski definition) is 1. The van der Waals surface area contributed by atoms with Gasteiger partial charge in [-0.3, -0.25) is 4.79 Å². The fourth-order valence-electron chi connectivity index (χ4n) is 2.65. The summed E-state index contributed by atoms with van der Waals surface area (Å²) in [4.78, 5) is 12.3. The van der Waals surface area contributed by atoms with E-state index in [1.807, 2.05) is 18.2 Å². The third-order valence-electron chi connectivity index (χ3n) is 3.78. The molecule has 0 aliphatic rings. The van der Waals surface area contributed by atoms with Crippen LogP contribution >= 0.6 is 0 Å². The fraction of sp³-hybridized carbons (Fsp3) is 0.222. The summed E-state index contributed by atoms with van der Waals surface area (Å²) < 4.78 is 19.1. The van der Waals surface area contributed by atoms with E-state index >= 15 is 0 Å². The van der Waals surface area contributed by atoms with Gasteiger partial charge in [0.05, 0.1) is 12.0 Å². The van der Waals surface area contributed by atoms with Crippen molar-refractivity contribution in [1.82, 2.24) is 10.5 Å². The van der Waals surface area contributed by atoms with E-state index in [0.29, 0.717) is 16.8 Å². The number of nitrogens with zero attached hydrogens (tertiary/aromatic N) is 1. The number of halogens is 1. The van der Waals surface area contributed by atoms with Crippen LogP contribution in [-0.2, 0) is 16.8 Å². The smallest absolute Gasteiger partial charge is 0.226 e. The summed E-state index contributed by atoms with van der Waals surface area (Å²) in [5, 5.41) is 7.61. The summed E-state index contributed by atoms with van der Waals surface area (Å²) >= 11 is 0. The molecule has 0 atom stereocenters. The van der Waals surface area contributed by atoms with Crippen LogP contribution in [0.3, 0.4) is 0 Å². The van der Waals surface area contributed by atoms with Crippen LogP contribution in [0.1, 0.15) is 25.1 Å². The number of aromatic nitrogens is 1. The molecule has 23 heavy (non-hydrogen) atoms. The summed E-state index contributed by atoms with van der Waals surface area (Å²) in [5.41, 5.74) is 0.839. The minimum atomic E-state index is -0.817. The van der Waals surface area contributed by atoms with Crippen molar-refractivity contribution in [2.75, 3.05) is 0 Å². The summed E-state index contributed by atoms with van der Waals surface area (Å²) in [6.07, 6.45) is 0.0783. The van der Waals surface area contributed by atoms with E-state index in [1.54, 1.807) is 38.1 Å². The lowest BCUT2D eigenvalue weighted by Gasteiger charge is -2.27. The number of hydrogen-bond acceptors (Lipinski definition) is 3. The highest BCUT2D eigenvalue weighted by atomic mass is 19.1. The Morgan fingerprint density at radius 3 is 2.65 bits per heavy atom. The van der Waals surface area contributed by atoms with Crippen molar-refractivity contribution in [1.29, 1.82) is 0 Å². The first-order valence-corrected chi connectivity index (χ1v) is 7.37. The van der Waals surface area contributed by atoms with Gasteiger partial charge in [0.1, 0.15) is 11.5 Å². The molecule has 1 amide bonds. The van der Waals surface area contributed by atoms with Gasteiger partial charge in [-0.2, -0.15) is 0 Å². The van der Waals surface area contributed by atoms with Crippen molar-refractivity contribution in [3.8, 4) is 0 Å². The number of para-hydroxylation sites is 1. The predicted molar refractivity (Wildman–Crippen MR) is 85.3 cm³/mol. The molecule has 0 saturated heterocycles. The van der Waals surface area contributed by atoms with Crippen LogP contribution in [0.25, 0.3) is 11.0 Å². The second-order valence-corrected chi connectivity index (χ2v) is 5.96. The van der Waals surface area contributed by atoms with E-state index in [1.165, 1.54) is 6.07 Å². The lowest BCUT2D eigenvalue weighted by atomic mass is 9.93. The van der Waals surface area contributed by atoms with Crippen LogP contribution in [0.4, 0.5) is 4.39 Å². The average molecular weight is 312 g/mol. The van der Waals surface area contributed by atoms with Crippen LogP contribution in [0.5, 0.6) is 0 Å². The third-order valence-corrected chi connectivity index (χ3v) is 3.78. The molecular weight excluding hydrogens is 295 g/mol. The second-order valence-electron chi connectivity index (χ2n) is 5.96. The van der Waals surface area contributed by atoms with Crippen molar-refractivity contribution in [2.24, 2.45) is 0 Å². The Bertz CT molecular complexity index is 855. The van der Waals surface area contributed by atoms with Gasteiger partial charge in [0.15, 0.2) is 5.58 Å². The normalized spacial score (nSPS) is 11.6. The van der Waals surface area contributed by atoms with Gasteiger partial charge in [-0.1, -0.05) is 35.5 Å². The van der Waals surface area contributed by atoms with Gasteiger partial charge in [-0.25, -0.2) is 4.39 Å². The highest BCUT2D eigenvalue weighted by molar-refractivity contribution is 5.86. The number of benzene rings is 2. The summed E-state index contributed by atoms with van der Waals surface area (Å²) in [6.45, 7) is 3.54. The Hall–Kier alpha value is -2.69. The molecule has 1 N–H and O–H groups in total. The van der Waals surface area contributed by atoms with E-state index in [-0.39, 0.29) is 18.1 Å². The fourth-order valence-corrected chi connectivity index (χ4v) is 2.65. The molecule has 3 rings (SSSR count). The molecule has 1 heterocycles. The molecule has 2 aromatic carbocycles. The molecule has 0 fully saturated rings. The Morgan fingerprint density at radius 1 is 1.17 bits per heavy atom. The van der Waals surface area contributed by atoms with Crippen molar-refractivity contribution in [3.05, 3.63) is 65.6 Å². The molecule has 118 valence electrons. The zero-order chi connectivity index (χ0) is 16.4. The molecule has 3 aromatic rings. The monoisotopic (exact) mass is 312 g/mol. The third kappa shape index (κ3) is 3.08. The topological polar surface area (TPSA) is 55.1 Å². The summed E-state index contributed by atoms with van der Waals surface area (Å²) in [5.74, 6) is -0.581. The number of fused-ring (bicyclic) bond motifs is 1. The van der Waals surface area contributed by atoms with Crippen molar-refractivity contribution < 1.29 is 13.7 Å². The van der Waals surface area contributed by atoms with Crippen molar-refractivity contribution in [2.45, 2.75) is 25.8 Å². The van der Waals surface area contributed by atoms with Gasteiger partial charge in [-0.15, -0.1) is 0 Å². The predicted octanol–water partition coefficient (Wildman–Crippen LogP) is 3.56. The van der Waals surface area contributed by atoms with E-state index < -0.39 is 5.54 Å². The standard InChI is InChI=1S/C18H17FN2O2/c1-18(2,13-8-4-5-9-14(13)19)20-17(22)11-15-12-7-3-6-10-16(12)23-21-15/h3-10H,11H2,1-2H3,(H,20,22). The van der Waals surface area contributed by atoms with Crippen LogP contribution in [0.2, 0.25) is 0 Å².